The van der Waals surface area contributed by atoms with Gasteiger partial charge in [0.2, 0.25) is 0 Å². The van der Waals surface area contributed by atoms with Crippen LogP contribution in [0.15, 0.2) is 60.7 Å². The average Bonchev–Trinajstić information content (AvgIpc) is 3.80. The van der Waals surface area contributed by atoms with Crippen molar-refractivity contribution >= 4 is 5.69 Å². The largest absolute Gasteiger partial charge is 0.508 e. The number of aromatic hydroxyl groups is 2. The molecule has 5 heteroatoms. The second-order valence-corrected chi connectivity index (χ2v) is 12.2. The Morgan fingerprint density at radius 2 is 1.60 bits per heavy atom. The van der Waals surface area contributed by atoms with E-state index in [-0.39, 0.29) is 0 Å². The third kappa shape index (κ3) is 6.93. The summed E-state index contributed by atoms with van der Waals surface area (Å²) >= 11 is 0. The first-order valence-corrected chi connectivity index (χ1v) is 15.4. The molecule has 3 aromatic rings. The molecule has 0 aromatic heterocycles. The van der Waals surface area contributed by atoms with Crippen LogP contribution in [0.1, 0.15) is 66.7 Å². The standard InChI is InChI=1S/C35H44N2O3/c38-31-11-10-28-22-30(9-8-29(28)23-31)34-15-12-32(39)24-35(34)37(25-27-4-5-27)19-16-26-6-13-33(14-7-26)40-21-20-36-17-2-1-3-18-36/h6-7,10-15,23-24,27,30,38-39H,1-5,8-9,16-22,25H2. The number of nitrogens with zero attached hydrogens (tertiary/aromatic N) is 2. The van der Waals surface area contributed by atoms with Gasteiger partial charge in [0.05, 0.1) is 0 Å². The highest BCUT2D eigenvalue weighted by atomic mass is 16.5. The highest BCUT2D eigenvalue weighted by molar-refractivity contribution is 5.59. The van der Waals surface area contributed by atoms with Gasteiger partial charge in [-0.05, 0) is 129 Å². The molecule has 3 aliphatic rings. The summed E-state index contributed by atoms with van der Waals surface area (Å²) in [5.74, 6) is 2.82. The van der Waals surface area contributed by atoms with Crippen LogP contribution < -0.4 is 9.64 Å². The van der Waals surface area contributed by atoms with Crippen molar-refractivity contribution in [3.63, 3.8) is 0 Å². The summed E-state index contributed by atoms with van der Waals surface area (Å²) in [7, 11) is 0. The van der Waals surface area contributed by atoms with Crippen LogP contribution in [0.5, 0.6) is 17.2 Å². The van der Waals surface area contributed by atoms with E-state index < -0.39 is 0 Å². The molecular weight excluding hydrogens is 496 g/mol. The van der Waals surface area contributed by atoms with E-state index in [2.05, 4.69) is 46.2 Å². The number of hydrogen-bond acceptors (Lipinski definition) is 5. The first-order valence-electron chi connectivity index (χ1n) is 15.4. The lowest BCUT2D eigenvalue weighted by molar-refractivity contribution is 0.183. The van der Waals surface area contributed by atoms with Gasteiger partial charge < -0.3 is 19.8 Å². The van der Waals surface area contributed by atoms with Crippen LogP contribution >= 0.6 is 0 Å². The van der Waals surface area contributed by atoms with Crippen molar-refractivity contribution in [3.8, 4) is 17.2 Å². The van der Waals surface area contributed by atoms with E-state index >= 15 is 0 Å². The number of phenolic OH excluding ortho intramolecular Hbond substituents is 2. The zero-order chi connectivity index (χ0) is 27.3. The van der Waals surface area contributed by atoms with Gasteiger partial charge in [0.1, 0.15) is 23.9 Å². The minimum Gasteiger partial charge on any atom is -0.508 e. The quantitative estimate of drug-likeness (QED) is 0.284. The molecule has 1 unspecified atom stereocenters. The normalized spacial score (nSPS) is 19.2. The molecule has 1 aliphatic heterocycles. The SMILES string of the molecule is Oc1ccc2c(c1)CCC(c1ccc(O)cc1N(CCc1ccc(OCCN3CCCCC3)cc1)CC1CC1)C2. The minimum absolute atomic E-state index is 0.340. The molecule has 2 N–H and O–H groups in total. The van der Waals surface area contributed by atoms with Crippen molar-refractivity contribution in [2.45, 2.75) is 63.7 Å². The van der Waals surface area contributed by atoms with E-state index in [0.29, 0.717) is 17.4 Å². The molecule has 6 rings (SSSR count). The van der Waals surface area contributed by atoms with Crippen LogP contribution in [-0.2, 0) is 19.3 Å². The fourth-order valence-corrected chi connectivity index (χ4v) is 6.57. The van der Waals surface area contributed by atoms with Crippen molar-refractivity contribution in [1.82, 2.24) is 4.90 Å². The summed E-state index contributed by atoms with van der Waals surface area (Å²) < 4.78 is 6.05. The van der Waals surface area contributed by atoms with E-state index in [9.17, 15) is 10.2 Å². The average molecular weight is 541 g/mol. The van der Waals surface area contributed by atoms with Crippen molar-refractivity contribution in [2.24, 2.45) is 5.92 Å². The second kappa shape index (κ2) is 12.6. The Morgan fingerprint density at radius 1 is 0.825 bits per heavy atom. The van der Waals surface area contributed by atoms with Gasteiger partial charge in [0, 0.05) is 31.4 Å². The fourth-order valence-electron chi connectivity index (χ4n) is 6.57. The van der Waals surface area contributed by atoms with Gasteiger partial charge in [-0.15, -0.1) is 0 Å². The molecule has 1 saturated heterocycles. The third-order valence-electron chi connectivity index (χ3n) is 9.11. The van der Waals surface area contributed by atoms with Crippen LogP contribution in [0, 0.1) is 5.92 Å². The zero-order valence-corrected chi connectivity index (χ0v) is 23.7. The van der Waals surface area contributed by atoms with Crippen molar-refractivity contribution in [2.75, 3.05) is 44.2 Å². The smallest absolute Gasteiger partial charge is 0.119 e. The number of rotatable bonds is 11. The lowest BCUT2D eigenvalue weighted by atomic mass is 9.79. The van der Waals surface area contributed by atoms with E-state index in [0.717, 1.165) is 63.6 Å². The topological polar surface area (TPSA) is 56.2 Å². The molecule has 1 saturated carbocycles. The Bertz CT molecular complexity index is 1260. The number of fused-ring (bicyclic) bond motifs is 1. The van der Waals surface area contributed by atoms with Gasteiger partial charge in [0.15, 0.2) is 0 Å². The van der Waals surface area contributed by atoms with Crippen molar-refractivity contribution in [3.05, 3.63) is 82.9 Å². The Hall–Kier alpha value is -3.18. The third-order valence-corrected chi connectivity index (χ3v) is 9.11. The minimum atomic E-state index is 0.340. The van der Waals surface area contributed by atoms with E-state index in [1.165, 1.54) is 73.1 Å². The van der Waals surface area contributed by atoms with Crippen LogP contribution in [0.2, 0.25) is 0 Å². The molecule has 2 aliphatic carbocycles. The van der Waals surface area contributed by atoms with Gasteiger partial charge in [-0.25, -0.2) is 0 Å². The lowest BCUT2D eigenvalue weighted by Gasteiger charge is -2.32. The maximum atomic E-state index is 10.5. The number of hydrogen-bond donors (Lipinski definition) is 2. The van der Waals surface area contributed by atoms with Gasteiger partial charge in [-0.2, -0.15) is 0 Å². The number of anilines is 1. The monoisotopic (exact) mass is 540 g/mol. The first kappa shape index (κ1) is 27.0. The van der Waals surface area contributed by atoms with Crippen LogP contribution in [0.25, 0.3) is 0 Å². The second-order valence-electron chi connectivity index (χ2n) is 12.2. The Morgan fingerprint density at radius 3 is 2.40 bits per heavy atom. The molecule has 0 radical (unpaired) electrons. The van der Waals surface area contributed by atoms with E-state index in [1.807, 2.05) is 24.3 Å². The van der Waals surface area contributed by atoms with Gasteiger partial charge in [-0.1, -0.05) is 30.7 Å². The summed E-state index contributed by atoms with van der Waals surface area (Å²) in [5.41, 5.74) is 6.45. The zero-order valence-electron chi connectivity index (χ0n) is 23.7. The molecule has 3 aromatic carbocycles. The maximum Gasteiger partial charge on any atom is 0.119 e. The predicted octanol–water partition coefficient (Wildman–Crippen LogP) is 6.69. The molecule has 40 heavy (non-hydrogen) atoms. The summed E-state index contributed by atoms with van der Waals surface area (Å²) in [5, 5.41) is 20.4. The summed E-state index contributed by atoms with van der Waals surface area (Å²) in [6.07, 6.45) is 10.6. The molecule has 0 spiro atoms. The first-order chi connectivity index (χ1) is 19.6. The number of likely N-dealkylation sites (tertiary alicyclic amines) is 1. The van der Waals surface area contributed by atoms with Crippen LogP contribution in [0.4, 0.5) is 5.69 Å². The molecule has 212 valence electrons. The number of piperidine rings is 1. The number of benzene rings is 3. The molecular formula is C35H44N2O3. The summed E-state index contributed by atoms with van der Waals surface area (Å²) in [4.78, 5) is 5.04. The van der Waals surface area contributed by atoms with Crippen LogP contribution in [0.3, 0.4) is 0 Å². The lowest BCUT2D eigenvalue weighted by Crippen LogP contribution is -2.33. The Kier molecular flexibility index (Phi) is 8.48. The van der Waals surface area contributed by atoms with Crippen LogP contribution in [-0.4, -0.2) is 54.4 Å². The fraction of sp³-hybridized carbons (Fsp3) is 0.486. The van der Waals surface area contributed by atoms with Gasteiger partial charge >= 0.3 is 0 Å². The molecule has 0 amide bonds. The highest BCUT2D eigenvalue weighted by Gasteiger charge is 2.28. The van der Waals surface area contributed by atoms with E-state index in [4.69, 9.17) is 4.74 Å². The van der Waals surface area contributed by atoms with Crippen molar-refractivity contribution in [1.29, 1.82) is 0 Å². The van der Waals surface area contributed by atoms with Gasteiger partial charge in [-0.3, -0.25) is 4.90 Å². The Labute approximate surface area is 239 Å². The van der Waals surface area contributed by atoms with Crippen molar-refractivity contribution < 1.29 is 14.9 Å². The molecule has 2 fully saturated rings. The number of phenols is 2. The Balaban J connectivity index is 1.11. The highest BCUT2D eigenvalue weighted by Crippen LogP contribution is 2.41. The number of aryl methyl sites for hydroxylation is 1. The summed E-state index contributed by atoms with van der Waals surface area (Å²) in [6.45, 7) is 6.16. The van der Waals surface area contributed by atoms with Gasteiger partial charge in [0.25, 0.3) is 0 Å². The molecule has 1 heterocycles. The van der Waals surface area contributed by atoms with E-state index in [1.54, 1.807) is 0 Å². The molecule has 1 atom stereocenters. The maximum absolute atomic E-state index is 10.5. The molecule has 5 nitrogen and oxygen atoms in total. The number of ether oxygens (including phenoxy) is 1. The molecule has 0 bridgehead atoms. The summed E-state index contributed by atoms with van der Waals surface area (Å²) in [6, 6.07) is 20.5. The predicted molar refractivity (Wildman–Crippen MR) is 162 cm³/mol.